The van der Waals surface area contributed by atoms with E-state index in [0.717, 1.165) is 24.1 Å². The van der Waals surface area contributed by atoms with Gasteiger partial charge in [-0.05, 0) is 55.5 Å². The zero-order chi connectivity index (χ0) is 23.3. The van der Waals surface area contributed by atoms with Crippen molar-refractivity contribution in [2.24, 2.45) is 5.92 Å². The van der Waals surface area contributed by atoms with E-state index in [1.807, 2.05) is 60.4 Å². The maximum absolute atomic E-state index is 13.7. The summed E-state index contributed by atoms with van der Waals surface area (Å²) in [6.07, 6.45) is 3.03. The molecular weight excluding hydrogens is 398 g/mol. The summed E-state index contributed by atoms with van der Waals surface area (Å²) in [5.74, 6) is 1.08. The average molecular weight is 434 g/mol. The number of rotatable bonds is 9. The lowest BCUT2D eigenvalue weighted by Crippen LogP contribution is -2.40. The van der Waals surface area contributed by atoms with Gasteiger partial charge in [0.25, 0.3) is 5.56 Å². The first-order valence-corrected chi connectivity index (χ1v) is 11.8. The number of nitrogens with zero attached hydrogens (tertiary/aromatic N) is 3. The van der Waals surface area contributed by atoms with Gasteiger partial charge in [-0.15, -0.1) is 0 Å². The molecule has 1 unspecified atom stereocenters. The monoisotopic (exact) mass is 433 g/mol. The molecule has 1 heterocycles. The number of unbranched alkanes of at least 4 members (excludes halogenated alkanes) is 1. The van der Waals surface area contributed by atoms with Crippen molar-refractivity contribution in [1.82, 2.24) is 14.5 Å². The van der Waals surface area contributed by atoms with Gasteiger partial charge in [-0.25, -0.2) is 4.98 Å². The summed E-state index contributed by atoms with van der Waals surface area (Å²) in [7, 11) is 0. The molecule has 170 valence electrons. The van der Waals surface area contributed by atoms with E-state index in [1.54, 1.807) is 4.57 Å². The first-order chi connectivity index (χ1) is 15.4. The normalized spacial score (nSPS) is 12.3. The SMILES string of the molecule is CCCCC(=O)N(CC(C)C)C(CC)c1nc2ccccc2c(=O)n1-c1cccc(C)c1. The lowest BCUT2D eigenvalue weighted by molar-refractivity contribution is -0.134. The fourth-order valence-corrected chi connectivity index (χ4v) is 4.20. The smallest absolute Gasteiger partial charge is 0.266 e. The highest BCUT2D eigenvalue weighted by Crippen LogP contribution is 2.28. The fraction of sp³-hybridized carbons (Fsp3) is 0.444. The maximum Gasteiger partial charge on any atom is 0.266 e. The molecule has 5 heteroatoms. The number of amides is 1. The van der Waals surface area contributed by atoms with Crippen LogP contribution in [0.4, 0.5) is 0 Å². The molecule has 0 fully saturated rings. The summed E-state index contributed by atoms with van der Waals surface area (Å²) in [5.41, 5.74) is 2.42. The number of para-hydroxylation sites is 1. The predicted octanol–water partition coefficient (Wildman–Crippen LogP) is 5.82. The molecule has 1 aromatic heterocycles. The van der Waals surface area contributed by atoms with Crippen LogP contribution < -0.4 is 5.56 Å². The minimum Gasteiger partial charge on any atom is -0.332 e. The van der Waals surface area contributed by atoms with Crippen LogP contribution in [0.1, 0.15) is 70.8 Å². The summed E-state index contributed by atoms with van der Waals surface area (Å²) in [6, 6.07) is 15.1. The van der Waals surface area contributed by atoms with E-state index in [4.69, 9.17) is 4.98 Å². The van der Waals surface area contributed by atoms with Crippen molar-refractivity contribution in [2.45, 2.75) is 66.3 Å². The van der Waals surface area contributed by atoms with E-state index in [0.29, 0.717) is 42.0 Å². The van der Waals surface area contributed by atoms with Crippen molar-refractivity contribution in [3.8, 4) is 5.69 Å². The van der Waals surface area contributed by atoms with E-state index in [2.05, 4.69) is 27.7 Å². The van der Waals surface area contributed by atoms with Crippen LogP contribution >= 0.6 is 0 Å². The van der Waals surface area contributed by atoms with Gasteiger partial charge in [-0.3, -0.25) is 14.2 Å². The minimum absolute atomic E-state index is 0.0971. The van der Waals surface area contributed by atoms with Gasteiger partial charge in [0, 0.05) is 13.0 Å². The molecule has 0 radical (unpaired) electrons. The third-order valence-corrected chi connectivity index (χ3v) is 5.75. The van der Waals surface area contributed by atoms with Crippen LogP contribution in [0.5, 0.6) is 0 Å². The second kappa shape index (κ2) is 10.6. The second-order valence-electron chi connectivity index (χ2n) is 8.93. The second-order valence-corrected chi connectivity index (χ2v) is 8.93. The number of aromatic nitrogens is 2. The van der Waals surface area contributed by atoms with Crippen molar-refractivity contribution < 1.29 is 4.79 Å². The number of fused-ring (bicyclic) bond motifs is 1. The third kappa shape index (κ3) is 5.09. The van der Waals surface area contributed by atoms with Gasteiger partial charge in [-0.1, -0.05) is 58.4 Å². The van der Waals surface area contributed by atoms with Gasteiger partial charge in [0.05, 0.1) is 22.6 Å². The van der Waals surface area contributed by atoms with Crippen molar-refractivity contribution in [1.29, 1.82) is 0 Å². The van der Waals surface area contributed by atoms with E-state index < -0.39 is 0 Å². The zero-order valence-corrected chi connectivity index (χ0v) is 20.0. The molecule has 3 aromatic rings. The topological polar surface area (TPSA) is 55.2 Å². The molecule has 1 atom stereocenters. The summed E-state index contributed by atoms with van der Waals surface area (Å²) in [5, 5.41) is 0.584. The Hall–Kier alpha value is -2.95. The van der Waals surface area contributed by atoms with Gasteiger partial charge >= 0.3 is 0 Å². The Morgan fingerprint density at radius 2 is 1.84 bits per heavy atom. The molecule has 3 rings (SSSR count). The molecule has 0 saturated carbocycles. The molecule has 2 aromatic carbocycles. The Labute approximate surface area is 191 Å². The molecule has 0 aliphatic rings. The van der Waals surface area contributed by atoms with Crippen LogP contribution in [0, 0.1) is 12.8 Å². The first kappa shape index (κ1) is 23.7. The molecule has 0 aliphatic heterocycles. The van der Waals surface area contributed by atoms with Gasteiger partial charge in [-0.2, -0.15) is 0 Å². The quantitative estimate of drug-likeness (QED) is 0.427. The van der Waals surface area contributed by atoms with Crippen molar-refractivity contribution in [3.63, 3.8) is 0 Å². The van der Waals surface area contributed by atoms with E-state index >= 15 is 0 Å². The van der Waals surface area contributed by atoms with Crippen LogP contribution in [0.15, 0.2) is 53.3 Å². The molecule has 1 amide bonds. The van der Waals surface area contributed by atoms with Gasteiger partial charge in [0.15, 0.2) is 0 Å². The highest BCUT2D eigenvalue weighted by Gasteiger charge is 2.29. The molecule has 0 N–H and O–H groups in total. The van der Waals surface area contributed by atoms with Crippen LogP contribution in [-0.4, -0.2) is 26.9 Å². The fourth-order valence-electron chi connectivity index (χ4n) is 4.20. The number of aryl methyl sites for hydroxylation is 1. The maximum atomic E-state index is 13.7. The highest BCUT2D eigenvalue weighted by molar-refractivity contribution is 5.79. The van der Waals surface area contributed by atoms with E-state index in [-0.39, 0.29) is 17.5 Å². The standard InChI is InChI=1S/C27H35N3O2/c1-6-8-16-25(31)29(18-19(3)4)24(7-2)26-28-23-15-10-9-14-22(23)27(32)30(26)21-13-11-12-20(5)17-21/h9-15,17,19,24H,6-8,16,18H2,1-5H3. The van der Waals surface area contributed by atoms with Crippen LogP contribution in [0.2, 0.25) is 0 Å². The molecule has 0 spiro atoms. The molecule has 32 heavy (non-hydrogen) atoms. The third-order valence-electron chi connectivity index (χ3n) is 5.75. The summed E-state index contributed by atoms with van der Waals surface area (Å²) >= 11 is 0. The van der Waals surface area contributed by atoms with E-state index in [1.165, 1.54) is 0 Å². The van der Waals surface area contributed by atoms with Gasteiger partial charge in [0.1, 0.15) is 5.82 Å². The van der Waals surface area contributed by atoms with Crippen LogP contribution in [-0.2, 0) is 4.79 Å². The first-order valence-electron chi connectivity index (χ1n) is 11.8. The molecule has 5 nitrogen and oxygen atoms in total. The van der Waals surface area contributed by atoms with Crippen LogP contribution in [0.3, 0.4) is 0 Å². The Kier molecular flexibility index (Phi) is 7.84. The summed E-state index contributed by atoms with van der Waals surface area (Å²) in [6.45, 7) is 11.0. The van der Waals surface area contributed by atoms with Crippen molar-refractivity contribution in [3.05, 3.63) is 70.3 Å². The minimum atomic E-state index is -0.278. The largest absolute Gasteiger partial charge is 0.332 e. The van der Waals surface area contributed by atoms with E-state index in [9.17, 15) is 9.59 Å². The molecular formula is C27H35N3O2. The molecule has 0 aliphatic carbocycles. The Bertz CT molecular complexity index is 1130. The van der Waals surface area contributed by atoms with Gasteiger partial charge in [0.2, 0.25) is 5.91 Å². The Morgan fingerprint density at radius 3 is 2.50 bits per heavy atom. The van der Waals surface area contributed by atoms with Crippen molar-refractivity contribution >= 4 is 16.8 Å². The zero-order valence-electron chi connectivity index (χ0n) is 20.0. The average Bonchev–Trinajstić information content (AvgIpc) is 2.77. The number of carbonyl (C=O) groups is 1. The Balaban J connectivity index is 2.26. The predicted molar refractivity (Wildman–Crippen MR) is 131 cm³/mol. The summed E-state index contributed by atoms with van der Waals surface area (Å²) in [4.78, 5) is 33.9. The number of hydrogen-bond donors (Lipinski definition) is 0. The lowest BCUT2D eigenvalue weighted by Gasteiger charge is -2.33. The van der Waals surface area contributed by atoms with Gasteiger partial charge < -0.3 is 4.90 Å². The van der Waals surface area contributed by atoms with Crippen LogP contribution in [0.25, 0.3) is 16.6 Å². The molecule has 0 bridgehead atoms. The molecule has 0 saturated heterocycles. The Morgan fingerprint density at radius 1 is 1.09 bits per heavy atom. The highest BCUT2D eigenvalue weighted by atomic mass is 16.2. The number of benzene rings is 2. The lowest BCUT2D eigenvalue weighted by atomic mass is 10.1. The number of hydrogen-bond acceptors (Lipinski definition) is 3. The van der Waals surface area contributed by atoms with Crippen molar-refractivity contribution in [2.75, 3.05) is 6.54 Å². The number of carbonyl (C=O) groups excluding carboxylic acids is 1. The summed E-state index contributed by atoms with van der Waals surface area (Å²) < 4.78 is 1.71.